The topological polar surface area (TPSA) is 44.5 Å². The number of nitrogens with two attached hydrogens (primary N) is 1. The average Bonchev–Trinajstić information content (AvgIpc) is 3.18. The van der Waals surface area contributed by atoms with Crippen molar-refractivity contribution in [2.24, 2.45) is 5.73 Å². The zero-order chi connectivity index (χ0) is 14.2. The molecule has 0 aromatic heterocycles. The lowest BCUT2D eigenvalue weighted by atomic mass is 9.87. The third-order valence-corrected chi connectivity index (χ3v) is 4.18. The van der Waals surface area contributed by atoms with Gasteiger partial charge in [-0.25, -0.2) is 4.39 Å². The Morgan fingerprint density at radius 1 is 1.16 bits per heavy atom. The first kappa shape index (κ1) is 14.1. The van der Waals surface area contributed by atoms with Crippen molar-refractivity contribution in [3.8, 4) is 11.5 Å². The van der Waals surface area contributed by atoms with E-state index in [9.17, 15) is 4.39 Å². The second-order valence-corrected chi connectivity index (χ2v) is 5.36. The van der Waals surface area contributed by atoms with E-state index in [4.69, 9.17) is 15.2 Å². The standard InChI is InChI=1S/C15H22FNO2/c1-9(16)11-7-12(15(5-6-15)10(2)17)14(19-4)8-13(11)18-3/h7-10H,5-6,17H2,1-4H3. The Morgan fingerprint density at radius 2 is 1.74 bits per heavy atom. The van der Waals surface area contributed by atoms with Gasteiger partial charge >= 0.3 is 0 Å². The number of benzene rings is 1. The minimum absolute atomic E-state index is 0.0255. The molecule has 0 saturated heterocycles. The van der Waals surface area contributed by atoms with Crippen LogP contribution >= 0.6 is 0 Å². The molecule has 19 heavy (non-hydrogen) atoms. The average molecular weight is 267 g/mol. The van der Waals surface area contributed by atoms with Gasteiger partial charge in [-0.3, -0.25) is 0 Å². The molecule has 0 amide bonds. The zero-order valence-corrected chi connectivity index (χ0v) is 12.0. The van der Waals surface area contributed by atoms with Crippen molar-refractivity contribution in [3.63, 3.8) is 0 Å². The molecular weight excluding hydrogens is 245 g/mol. The smallest absolute Gasteiger partial charge is 0.128 e. The first-order valence-electron chi connectivity index (χ1n) is 6.62. The molecule has 3 nitrogen and oxygen atoms in total. The number of methoxy groups -OCH3 is 2. The van der Waals surface area contributed by atoms with Crippen molar-refractivity contribution in [1.82, 2.24) is 0 Å². The molecule has 0 bridgehead atoms. The Bertz CT molecular complexity index is 467. The summed E-state index contributed by atoms with van der Waals surface area (Å²) in [5.41, 5.74) is 7.60. The summed E-state index contributed by atoms with van der Waals surface area (Å²) in [6, 6.07) is 3.65. The minimum Gasteiger partial charge on any atom is -0.496 e. The minimum atomic E-state index is -1.08. The molecule has 1 saturated carbocycles. The molecule has 1 fully saturated rings. The summed E-state index contributed by atoms with van der Waals surface area (Å²) in [6.45, 7) is 3.51. The molecule has 0 heterocycles. The number of alkyl halides is 1. The molecule has 2 unspecified atom stereocenters. The van der Waals surface area contributed by atoms with Crippen LogP contribution in [0.1, 0.15) is 44.0 Å². The highest BCUT2D eigenvalue weighted by Gasteiger charge is 2.49. The van der Waals surface area contributed by atoms with E-state index in [1.807, 2.05) is 13.0 Å². The van der Waals surface area contributed by atoms with Gasteiger partial charge in [0.05, 0.1) is 14.2 Å². The summed E-state index contributed by atoms with van der Waals surface area (Å²) in [6.07, 6.45) is 0.962. The maximum Gasteiger partial charge on any atom is 0.128 e. The molecular formula is C15H22FNO2. The van der Waals surface area contributed by atoms with Crippen molar-refractivity contribution in [2.75, 3.05) is 14.2 Å². The van der Waals surface area contributed by atoms with Crippen LogP contribution in [0, 0.1) is 0 Å². The van der Waals surface area contributed by atoms with Crippen LogP contribution in [-0.4, -0.2) is 20.3 Å². The molecule has 1 aliphatic rings. The van der Waals surface area contributed by atoms with E-state index in [2.05, 4.69) is 0 Å². The highest BCUT2D eigenvalue weighted by molar-refractivity contribution is 5.53. The van der Waals surface area contributed by atoms with Gasteiger partial charge in [-0.2, -0.15) is 0 Å². The number of hydrogen-bond acceptors (Lipinski definition) is 3. The molecule has 2 N–H and O–H groups in total. The molecule has 106 valence electrons. The third-order valence-electron chi connectivity index (χ3n) is 4.18. The highest BCUT2D eigenvalue weighted by Crippen LogP contribution is 2.54. The van der Waals surface area contributed by atoms with Crippen LogP contribution < -0.4 is 15.2 Å². The van der Waals surface area contributed by atoms with E-state index in [-0.39, 0.29) is 11.5 Å². The molecule has 1 aromatic carbocycles. The van der Waals surface area contributed by atoms with Crippen molar-refractivity contribution in [1.29, 1.82) is 0 Å². The van der Waals surface area contributed by atoms with Crippen LogP contribution in [0.4, 0.5) is 4.39 Å². The lowest BCUT2D eigenvalue weighted by Gasteiger charge is -2.24. The van der Waals surface area contributed by atoms with Gasteiger partial charge in [0, 0.05) is 28.7 Å². The summed E-state index contributed by atoms with van der Waals surface area (Å²) in [7, 11) is 3.16. The fraction of sp³-hybridized carbons (Fsp3) is 0.600. The molecule has 0 aliphatic heterocycles. The van der Waals surface area contributed by atoms with E-state index < -0.39 is 6.17 Å². The maximum absolute atomic E-state index is 13.8. The van der Waals surface area contributed by atoms with Gasteiger partial charge in [0.1, 0.15) is 17.7 Å². The largest absolute Gasteiger partial charge is 0.496 e. The number of ether oxygens (including phenoxy) is 2. The van der Waals surface area contributed by atoms with E-state index in [0.717, 1.165) is 24.2 Å². The molecule has 2 rings (SSSR count). The quantitative estimate of drug-likeness (QED) is 0.891. The molecule has 4 heteroatoms. The van der Waals surface area contributed by atoms with Crippen LogP contribution in [0.5, 0.6) is 11.5 Å². The Balaban J connectivity index is 2.57. The monoisotopic (exact) mass is 267 g/mol. The van der Waals surface area contributed by atoms with Gasteiger partial charge in [0.2, 0.25) is 0 Å². The third kappa shape index (κ3) is 2.29. The fourth-order valence-electron chi connectivity index (χ4n) is 2.73. The first-order chi connectivity index (χ1) is 8.96. The lowest BCUT2D eigenvalue weighted by Crippen LogP contribution is -2.32. The highest BCUT2D eigenvalue weighted by atomic mass is 19.1. The Hall–Kier alpha value is -1.29. The number of halogens is 1. The fourth-order valence-corrected chi connectivity index (χ4v) is 2.73. The van der Waals surface area contributed by atoms with Crippen molar-refractivity contribution in [2.45, 2.75) is 44.3 Å². The van der Waals surface area contributed by atoms with Gasteiger partial charge in [0.25, 0.3) is 0 Å². The van der Waals surface area contributed by atoms with E-state index in [0.29, 0.717) is 11.3 Å². The van der Waals surface area contributed by atoms with Crippen molar-refractivity contribution < 1.29 is 13.9 Å². The Labute approximate surface area is 113 Å². The van der Waals surface area contributed by atoms with Crippen molar-refractivity contribution in [3.05, 3.63) is 23.3 Å². The van der Waals surface area contributed by atoms with Gasteiger partial charge < -0.3 is 15.2 Å². The van der Waals surface area contributed by atoms with Crippen molar-refractivity contribution >= 4 is 0 Å². The zero-order valence-electron chi connectivity index (χ0n) is 12.0. The summed E-state index contributed by atoms with van der Waals surface area (Å²) < 4.78 is 24.4. The Kier molecular flexibility index (Phi) is 3.72. The number of hydrogen-bond donors (Lipinski definition) is 1. The van der Waals surface area contributed by atoms with Gasteiger partial charge in [-0.05, 0) is 32.8 Å². The SMILES string of the molecule is COc1cc(OC)c(C2(C(C)N)CC2)cc1C(C)F. The normalized spacial score (nSPS) is 19.7. The predicted molar refractivity (Wildman–Crippen MR) is 73.6 cm³/mol. The molecule has 1 aromatic rings. The van der Waals surface area contributed by atoms with Crippen LogP contribution in [0.2, 0.25) is 0 Å². The van der Waals surface area contributed by atoms with Gasteiger partial charge in [-0.1, -0.05) is 0 Å². The molecule has 0 radical (unpaired) electrons. The summed E-state index contributed by atoms with van der Waals surface area (Å²) >= 11 is 0. The number of rotatable bonds is 5. The molecule has 2 atom stereocenters. The Morgan fingerprint density at radius 3 is 2.11 bits per heavy atom. The summed E-state index contributed by atoms with van der Waals surface area (Å²) in [5.74, 6) is 1.26. The van der Waals surface area contributed by atoms with Gasteiger partial charge in [-0.15, -0.1) is 0 Å². The van der Waals surface area contributed by atoms with Crippen LogP contribution in [0.15, 0.2) is 12.1 Å². The second-order valence-electron chi connectivity index (χ2n) is 5.36. The lowest BCUT2D eigenvalue weighted by molar-refractivity contribution is 0.340. The van der Waals surface area contributed by atoms with E-state index >= 15 is 0 Å². The first-order valence-corrected chi connectivity index (χ1v) is 6.62. The van der Waals surface area contributed by atoms with Crippen LogP contribution in [-0.2, 0) is 5.41 Å². The molecule has 0 spiro atoms. The van der Waals surface area contributed by atoms with E-state index in [1.165, 1.54) is 6.92 Å². The predicted octanol–water partition coefficient (Wildman–Crippen LogP) is 3.11. The van der Waals surface area contributed by atoms with Crippen LogP contribution in [0.3, 0.4) is 0 Å². The van der Waals surface area contributed by atoms with E-state index in [1.54, 1.807) is 20.3 Å². The summed E-state index contributed by atoms with van der Waals surface area (Å²) in [5, 5.41) is 0. The molecule has 1 aliphatic carbocycles. The van der Waals surface area contributed by atoms with Crippen LogP contribution in [0.25, 0.3) is 0 Å². The second kappa shape index (κ2) is 5.00. The maximum atomic E-state index is 13.8. The van der Waals surface area contributed by atoms with Gasteiger partial charge in [0.15, 0.2) is 0 Å². The summed E-state index contributed by atoms with van der Waals surface area (Å²) in [4.78, 5) is 0.